The topological polar surface area (TPSA) is 0 Å². The predicted octanol–water partition coefficient (Wildman–Crippen LogP) is 4.25. The van der Waals surface area contributed by atoms with Gasteiger partial charge in [-0.15, -0.1) is 0 Å². The van der Waals surface area contributed by atoms with Crippen LogP contribution < -0.4 is 0 Å². The summed E-state index contributed by atoms with van der Waals surface area (Å²) < 4.78 is 12.7. The van der Waals surface area contributed by atoms with Gasteiger partial charge in [0.2, 0.25) is 0 Å². The highest BCUT2D eigenvalue weighted by atomic mass is 79.9. The van der Waals surface area contributed by atoms with Crippen molar-refractivity contribution in [2.24, 2.45) is 0 Å². The van der Waals surface area contributed by atoms with Crippen LogP contribution in [-0.4, -0.2) is 4.83 Å². The fraction of sp³-hybridized carbons (Fsp3) is 0.500. The van der Waals surface area contributed by atoms with Crippen molar-refractivity contribution in [3.8, 4) is 0 Å². The van der Waals surface area contributed by atoms with Gasteiger partial charge in [-0.1, -0.05) is 34.5 Å². The number of alkyl halides is 1. The molecule has 0 heterocycles. The summed E-state index contributed by atoms with van der Waals surface area (Å²) in [4.78, 5) is 0.645. The van der Waals surface area contributed by atoms with Crippen LogP contribution in [0.25, 0.3) is 0 Å². The highest BCUT2D eigenvalue weighted by Gasteiger charge is 2.20. The fourth-order valence-electron chi connectivity index (χ4n) is 2.17. The molecule has 0 radical (unpaired) electrons. The summed E-state index contributed by atoms with van der Waals surface area (Å²) in [6.07, 6.45) is 4.98. The minimum absolute atomic E-state index is 0.139. The molecule has 2 atom stereocenters. The summed E-state index contributed by atoms with van der Waals surface area (Å²) in [5, 5.41) is 0. The third-order valence-electron chi connectivity index (χ3n) is 2.95. The standard InChI is InChI=1S/C12H14BrF/c13-11-3-1-2-10(8-11)9-4-6-12(14)7-5-9/h4-7,10-11H,1-3,8H2. The van der Waals surface area contributed by atoms with Gasteiger partial charge in [-0.05, 0) is 42.9 Å². The Bertz CT molecular complexity index is 294. The van der Waals surface area contributed by atoms with E-state index in [1.165, 1.54) is 31.2 Å². The van der Waals surface area contributed by atoms with Crippen LogP contribution in [0.5, 0.6) is 0 Å². The van der Waals surface area contributed by atoms with E-state index in [2.05, 4.69) is 15.9 Å². The third-order valence-corrected chi connectivity index (χ3v) is 3.78. The number of hydrogen-bond acceptors (Lipinski definition) is 0. The first-order valence-electron chi connectivity index (χ1n) is 5.15. The van der Waals surface area contributed by atoms with Gasteiger partial charge in [0.25, 0.3) is 0 Å². The second-order valence-electron chi connectivity index (χ2n) is 4.01. The van der Waals surface area contributed by atoms with E-state index in [1.807, 2.05) is 12.1 Å². The van der Waals surface area contributed by atoms with Crippen LogP contribution in [0.2, 0.25) is 0 Å². The minimum Gasteiger partial charge on any atom is -0.207 e. The molecule has 1 saturated carbocycles. The van der Waals surface area contributed by atoms with E-state index < -0.39 is 0 Å². The number of halogens is 2. The van der Waals surface area contributed by atoms with Gasteiger partial charge in [0.15, 0.2) is 0 Å². The van der Waals surface area contributed by atoms with E-state index in [9.17, 15) is 4.39 Å². The van der Waals surface area contributed by atoms with E-state index in [1.54, 1.807) is 12.1 Å². The van der Waals surface area contributed by atoms with Gasteiger partial charge in [-0.3, -0.25) is 0 Å². The molecule has 0 aliphatic heterocycles. The zero-order chi connectivity index (χ0) is 9.97. The molecule has 0 saturated heterocycles. The number of hydrogen-bond donors (Lipinski definition) is 0. The molecule has 1 aliphatic rings. The Morgan fingerprint density at radius 1 is 1.14 bits per heavy atom. The number of rotatable bonds is 1. The first-order valence-corrected chi connectivity index (χ1v) is 6.07. The third kappa shape index (κ3) is 2.35. The first-order chi connectivity index (χ1) is 6.75. The molecule has 0 bridgehead atoms. The van der Waals surface area contributed by atoms with Gasteiger partial charge in [0, 0.05) is 4.83 Å². The molecular weight excluding hydrogens is 243 g/mol. The van der Waals surface area contributed by atoms with Crippen LogP contribution in [0, 0.1) is 5.82 Å². The Morgan fingerprint density at radius 3 is 2.50 bits per heavy atom. The van der Waals surface area contributed by atoms with Crippen LogP contribution >= 0.6 is 15.9 Å². The van der Waals surface area contributed by atoms with Crippen LogP contribution in [-0.2, 0) is 0 Å². The molecule has 0 aromatic heterocycles. The van der Waals surface area contributed by atoms with E-state index in [-0.39, 0.29) is 5.82 Å². The second-order valence-corrected chi connectivity index (χ2v) is 5.31. The lowest BCUT2D eigenvalue weighted by Gasteiger charge is -2.25. The summed E-state index contributed by atoms with van der Waals surface area (Å²) in [5.74, 6) is 0.480. The Labute approximate surface area is 92.6 Å². The van der Waals surface area contributed by atoms with Crippen LogP contribution in [0.15, 0.2) is 24.3 Å². The Morgan fingerprint density at radius 2 is 1.86 bits per heavy atom. The molecule has 2 heteroatoms. The van der Waals surface area contributed by atoms with Gasteiger partial charge >= 0.3 is 0 Å². The second kappa shape index (κ2) is 4.43. The maximum atomic E-state index is 12.7. The molecule has 0 amide bonds. The predicted molar refractivity (Wildman–Crippen MR) is 60.3 cm³/mol. The average molecular weight is 257 g/mol. The molecule has 1 aliphatic carbocycles. The summed E-state index contributed by atoms with van der Waals surface area (Å²) in [5.41, 5.74) is 1.29. The molecule has 1 fully saturated rings. The highest BCUT2D eigenvalue weighted by Crippen LogP contribution is 2.35. The monoisotopic (exact) mass is 256 g/mol. The molecule has 14 heavy (non-hydrogen) atoms. The zero-order valence-corrected chi connectivity index (χ0v) is 9.63. The molecular formula is C12H14BrF. The van der Waals surface area contributed by atoms with Crippen molar-refractivity contribution >= 4 is 15.9 Å². The van der Waals surface area contributed by atoms with Crippen LogP contribution in [0.4, 0.5) is 4.39 Å². The highest BCUT2D eigenvalue weighted by molar-refractivity contribution is 9.09. The van der Waals surface area contributed by atoms with Gasteiger partial charge in [0.1, 0.15) is 5.82 Å². The smallest absolute Gasteiger partial charge is 0.123 e. The average Bonchev–Trinajstić information content (AvgIpc) is 2.19. The Hall–Kier alpha value is -0.370. The molecule has 1 aromatic rings. The first kappa shape index (κ1) is 10.2. The van der Waals surface area contributed by atoms with Crippen LogP contribution in [0.3, 0.4) is 0 Å². The summed E-state index contributed by atoms with van der Waals surface area (Å²) in [6.45, 7) is 0. The van der Waals surface area contributed by atoms with E-state index in [0.717, 1.165) is 0 Å². The van der Waals surface area contributed by atoms with Crippen molar-refractivity contribution in [2.75, 3.05) is 0 Å². The minimum atomic E-state index is -0.139. The summed E-state index contributed by atoms with van der Waals surface area (Å²) in [7, 11) is 0. The molecule has 0 spiro atoms. The quantitative estimate of drug-likeness (QED) is 0.660. The largest absolute Gasteiger partial charge is 0.207 e. The lowest BCUT2D eigenvalue weighted by molar-refractivity contribution is 0.457. The molecule has 0 N–H and O–H groups in total. The lowest BCUT2D eigenvalue weighted by atomic mass is 9.84. The van der Waals surface area contributed by atoms with Crippen molar-refractivity contribution < 1.29 is 4.39 Å². The molecule has 76 valence electrons. The van der Waals surface area contributed by atoms with Crippen molar-refractivity contribution in [1.82, 2.24) is 0 Å². The maximum Gasteiger partial charge on any atom is 0.123 e. The van der Waals surface area contributed by atoms with Gasteiger partial charge < -0.3 is 0 Å². The van der Waals surface area contributed by atoms with E-state index >= 15 is 0 Å². The Balaban J connectivity index is 2.10. The number of benzene rings is 1. The van der Waals surface area contributed by atoms with Crippen molar-refractivity contribution in [1.29, 1.82) is 0 Å². The van der Waals surface area contributed by atoms with Gasteiger partial charge in [-0.25, -0.2) is 4.39 Å². The molecule has 2 rings (SSSR count). The lowest BCUT2D eigenvalue weighted by Crippen LogP contribution is -2.13. The molecule has 2 unspecified atom stereocenters. The normalized spacial score (nSPS) is 27.6. The SMILES string of the molecule is Fc1ccc(C2CCCC(Br)C2)cc1. The fourth-order valence-corrected chi connectivity index (χ4v) is 2.94. The maximum absolute atomic E-state index is 12.7. The van der Waals surface area contributed by atoms with E-state index in [0.29, 0.717) is 10.7 Å². The van der Waals surface area contributed by atoms with Gasteiger partial charge in [0.05, 0.1) is 0 Å². The molecule has 1 aromatic carbocycles. The van der Waals surface area contributed by atoms with Crippen molar-refractivity contribution in [3.05, 3.63) is 35.6 Å². The Kier molecular flexibility index (Phi) is 3.22. The van der Waals surface area contributed by atoms with E-state index in [4.69, 9.17) is 0 Å². The summed E-state index contributed by atoms with van der Waals surface area (Å²) in [6, 6.07) is 6.97. The van der Waals surface area contributed by atoms with Crippen LogP contribution in [0.1, 0.15) is 37.2 Å². The zero-order valence-electron chi connectivity index (χ0n) is 8.05. The summed E-state index contributed by atoms with van der Waals surface area (Å²) >= 11 is 3.67. The molecule has 0 nitrogen and oxygen atoms in total. The van der Waals surface area contributed by atoms with Crippen molar-refractivity contribution in [3.63, 3.8) is 0 Å². The van der Waals surface area contributed by atoms with Gasteiger partial charge in [-0.2, -0.15) is 0 Å². The van der Waals surface area contributed by atoms with Crippen molar-refractivity contribution in [2.45, 2.75) is 36.4 Å².